The number of imidazole rings is 1. The Hall–Kier alpha value is -3.48. The fraction of sp³-hybridized carbons (Fsp3) is 0.158. The highest BCUT2D eigenvalue weighted by Gasteiger charge is 2.17. The Bertz CT molecular complexity index is 900. The molecule has 2 N–H and O–H groups in total. The molecule has 0 radical (unpaired) electrons. The summed E-state index contributed by atoms with van der Waals surface area (Å²) < 4.78 is 1.98. The van der Waals surface area contributed by atoms with Crippen LogP contribution in [0.1, 0.15) is 33.0 Å². The number of ketones is 1. The minimum absolute atomic E-state index is 0.0228. The molecule has 7 heteroatoms. The van der Waals surface area contributed by atoms with Crippen LogP contribution in [0.4, 0.5) is 0 Å². The maximum atomic E-state index is 12.8. The number of aryl methyl sites for hydroxylation is 2. The highest BCUT2D eigenvalue weighted by Crippen LogP contribution is 2.16. The molecule has 1 heterocycles. The summed E-state index contributed by atoms with van der Waals surface area (Å²) in [5, 5.41) is 12.5. The molecule has 26 heavy (non-hydrogen) atoms. The second-order valence-electron chi connectivity index (χ2n) is 5.66. The van der Waals surface area contributed by atoms with Gasteiger partial charge in [-0.2, -0.15) is 0 Å². The Morgan fingerprint density at radius 1 is 1.04 bits per heavy atom. The first-order valence-corrected chi connectivity index (χ1v) is 7.91. The second-order valence-corrected chi connectivity index (χ2v) is 5.66. The number of carbonyl (C=O) groups is 1. The Morgan fingerprint density at radius 3 is 2.23 bits per heavy atom. The molecule has 1 aromatic heterocycles. The van der Waals surface area contributed by atoms with Crippen molar-refractivity contribution in [3.8, 4) is 0 Å². The van der Waals surface area contributed by atoms with Crippen LogP contribution >= 0.6 is 0 Å². The Balaban J connectivity index is 0.000000552. The van der Waals surface area contributed by atoms with Gasteiger partial charge in [0.25, 0.3) is 0 Å². The van der Waals surface area contributed by atoms with Crippen LogP contribution in [0.5, 0.6) is 0 Å². The molecule has 3 aromatic rings. The second kappa shape index (κ2) is 8.57. The van der Waals surface area contributed by atoms with Crippen molar-refractivity contribution in [1.29, 1.82) is 0 Å². The number of rotatable bonds is 4. The molecule has 0 aliphatic carbocycles. The fourth-order valence-corrected chi connectivity index (χ4v) is 2.58. The molecule has 0 unspecified atom stereocenters. The van der Waals surface area contributed by atoms with Gasteiger partial charge in [-0.15, -0.1) is 0 Å². The zero-order chi connectivity index (χ0) is 19.1. The van der Waals surface area contributed by atoms with Crippen molar-refractivity contribution in [3.63, 3.8) is 0 Å². The van der Waals surface area contributed by atoms with E-state index in [4.69, 9.17) is 15.3 Å². The molecule has 0 saturated carbocycles. The third-order valence-electron chi connectivity index (χ3n) is 3.86. The van der Waals surface area contributed by atoms with Gasteiger partial charge in [0.15, 0.2) is 0 Å². The molecule has 0 aliphatic heterocycles. The molecular formula is C19H20N3O4+. The van der Waals surface area contributed by atoms with Crippen LogP contribution in [-0.2, 0) is 6.54 Å². The zero-order valence-electron chi connectivity index (χ0n) is 14.5. The van der Waals surface area contributed by atoms with Gasteiger partial charge in [0.2, 0.25) is 5.78 Å². The smallest absolute Gasteiger partial charge is 0.321 e. The van der Waals surface area contributed by atoms with E-state index in [2.05, 4.69) is 17.1 Å². The Labute approximate surface area is 150 Å². The summed E-state index contributed by atoms with van der Waals surface area (Å²) in [5.41, 5.74) is 3.51. The first kappa shape index (κ1) is 18.9. The lowest BCUT2D eigenvalue weighted by atomic mass is 10.0. The lowest BCUT2D eigenvalue weighted by Gasteiger charge is -2.11. The van der Waals surface area contributed by atoms with Crippen molar-refractivity contribution in [2.75, 3.05) is 0 Å². The highest BCUT2D eigenvalue weighted by molar-refractivity contribution is 6.08. The van der Waals surface area contributed by atoms with E-state index < -0.39 is 5.09 Å². The molecule has 0 spiro atoms. The van der Waals surface area contributed by atoms with Crippen molar-refractivity contribution in [2.45, 2.75) is 20.4 Å². The molecule has 0 atom stereocenters. The van der Waals surface area contributed by atoms with Crippen LogP contribution in [0.25, 0.3) is 0 Å². The lowest BCUT2D eigenvalue weighted by molar-refractivity contribution is -0.969. The summed E-state index contributed by atoms with van der Waals surface area (Å²) in [5.74, 6) is 0.871. The van der Waals surface area contributed by atoms with E-state index in [1.54, 1.807) is 6.20 Å². The molecule has 0 fully saturated rings. The summed E-state index contributed by atoms with van der Waals surface area (Å²) in [6, 6.07) is 17.8. The van der Waals surface area contributed by atoms with Gasteiger partial charge in [-0.05, 0) is 25.0 Å². The molecule has 2 aromatic carbocycles. The lowest BCUT2D eigenvalue weighted by Crippen LogP contribution is -2.13. The molecule has 3 rings (SSSR count). The van der Waals surface area contributed by atoms with Gasteiger partial charge in [0.05, 0.1) is 6.20 Å². The molecular weight excluding hydrogens is 334 g/mol. The minimum Gasteiger partial charge on any atom is -0.321 e. The van der Waals surface area contributed by atoms with Gasteiger partial charge in [0, 0.05) is 12.1 Å². The van der Waals surface area contributed by atoms with E-state index >= 15 is 0 Å². The Morgan fingerprint density at radius 2 is 1.62 bits per heavy atom. The minimum atomic E-state index is -1.25. The number of nitrogens with zero attached hydrogens (tertiary/aromatic N) is 3. The van der Waals surface area contributed by atoms with Gasteiger partial charge in [-0.1, -0.05) is 54.6 Å². The van der Waals surface area contributed by atoms with Crippen molar-refractivity contribution in [3.05, 3.63) is 93.9 Å². The first-order valence-electron chi connectivity index (χ1n) is 7.91. The van der Waals surface area contributed by atoms with Crippen LogP contribution in [0.3, 0.4) is 0 Å². The molecule has 0 aliphatic rings. The van der Waals surface area contributed by atoms with Gasteiger partial charge >= 0.3 is 5.09 Å². The number of hydrogen-bond acceptors (Lipinski definition) is 3. The van der Waals surface area contributed by atoms with Crippen molar-refractivity contribution < 1.29 is 20.3 Å². The van der Waals surface area contributed by atoms with Crippen molar-refractivity contribution >= 4 is 5.78 Å². The van der Waals surface area contributed by atoms with Crippen LogP contribution < -0.4 is 0 Å². The topological polar surface area (TPSA) is 95.4 Å². The SMILES string of the molecule is Cc1ccccc1C(=O)c1cnc(C)n1Cc1ccccc1.O=[N+](O)O. The summed E-state index contributed by atoms with van der Waals surface area (Å²) in [4.78, 5) is 25.6. The van der Waals surface area contributed by atoms with Crippen LogP contribution in [-0.4, -0.2) is 30.8 Å². The summed E-state index contributed by atoms with van der Waals surface area (Å²) >= 11 is 0. The van der Waals surface area contributed by atoms with Crippen LogP contribution in [0, 0.1) is 18.8 Å². The Kier molecular flexibility index (Phi) is 6.21. The average molecular weight is 354 g/mol. The van der Waals surface area contributed by atoms with Crippen LogP contribution in [0.2, 0.25) is 0 Å². The highest BCUT2D eigenvalue weighted by atomic mass is 16.9. The number of hydrogen-bond donors (Lipinski definition) is 2. The monoisotopic (exact) mass is 354 g/mol. The maximum Gasteiger partial charge on any atom is 0.472 e. The largest absolute Gasteiger partial charge is 0.472 e. The predicted molar refractivity (Wildman–Crippen MR) is 94.3 cm³/mol. The fourth-order valence-electron chi connectivity index (χ4n) is 2.58. The number of benzene rings is 2. The first-order chi connectivity index (χ1) is 12.4. The summed E-state index contributed by atoms with van der Waals surface area (Å²) in [6.07, 6.45) is 1.67. The van der Waals surface area contributed by atoms with E-state index in [1.165, 1.54) is 0 Å². The van der Waals surface area contributed by atoms with E-state index in [9.17, 15) is 4.79 Å². The molecule has 134 valence electrons. The molecule has 0 amide bonds. The summed E-state index contributed by atoms with van der Waals surface area (Å²) in [6.45, 7) is 4.54. The summed E-state index contributed by atoms with van der Waals surface area (Å²) in [7, 11) is 0. The maximum absolute atomic E-state index is 12.8. The standard InChI is InChI=1S/C19H18N2O.H2NO3/c1-14-8-6-7-11-17(14)19(22)18-12-20-15(2)21(18)13-16-9-4-3-5-10-16;2-1(3)4/h3-12H,13H2,1-2H3;(H2,2,3,4)/q;+1. The molecule has 7 nitrogen and oxygen atoms in total. The van der Waals surface area contributed by atoms with Crippen molar-refractivity contribution in [1.82, 2.24) is 9.55 Å². The van der Waals surface area contributed by atoms with E-state index in [0.29, 0.717) is 12.2 Å². The van der Waals surface area contributed by atoms with Gasteiger partial charge in [-0.3, -0.25) is 4.79 Å². The average Bonchev–Trinajstić information content (AvgIpc) is 2.96. The van der Waals surface area contributed by atoms with Crippen molar-refractivity contribution in [2.24, 2.45) is 0 Å². The quantitative estimate of drug-likeness (QED) is 0.553. The normalized spacial score (nSPS) is 9.92. The predicted octanol–water partition coefficient (Wildman–Crippen LogP) is 3.32. The van der Waals surface area contributed by atoms with Crippen LogP contribution in [0.15, 0.2) is 60.8 Å². The van der Waals surface area contributed by atoms with E-state index in [1.807, 2.05) is 60.9 Å². The van der Waals surface area contributed by atoms with Gasteiger partial charge in [-0.25, -0.2) is 15.4 Å². The number of aromatic nitrogens is 2. The zero-order valence-corrected chi connectivity index (χ0v) is 14.5. The van der Waals surface area contributed by atoms with Gasteiger partial charge < -0.3 is 4.57 Å². The number of carbonyl (C=O) groups excluding carboxylic acids is 1. The van der Waals surface area contributed by atoms with E-state index in [-0.39, 0.29) is 5.78 Å². The van der Waals surface area contributed by atoms with E-state index in [0.717, 1.165) is 22.5 Å². The molecule has 0 bridgehead atoms. The van der Waals surface area contributed by atoms with Gasteiger partial charge in [0.1, 0.15) is 16.4 Å². The molecule has 0 saturated heterocycles. The third-order valence-corrected chi connectivity index (χ3v) is 3.86. The third kappa shape index (κ3) is 4.76.